The molecule has 148 valence electrons. The van der Waals surface area contributed by atoms with E-state index in [9.17, 15) is 4.39 Å². The first-order valence-electron chi connectivity index (χ1n) is 9.28. The van der Waals surface area contributed by atoms with E-state index >= 15 is 0 Å². The van der Waals surface area contributed by atoms with Gasteiger partial charge in [-0.25, -0.2) is 4.39 Å². The van der Waals surface area contributed by atoms with Crippen LogP contribution in [0.4, 0.5) is 4.39 Å². The van der Waals surface area contributed by atoms with Crippen LogP contribution in [0.5, 0.6) is 0 Å². The zero-order valence-electron chi connectivity index (χ0n) is 17.0. The first-order chi connectivity index (χ1) is 12.9. The van der Waals surface area contributed by atoms with E-state index in [1.165, 1.54) is 17.8 Å². The third-order valence-corrected chi connectivity index (χ3v) is 4.51. The van der Waals surface area contributed by atoms with Gasteiger partial charge in [-0.15, -0.1) is 0 Å². The number of nitrogens with zero attached hydrogens (tertiary/aromatic N) is 4. The van der Waals surface area contributed by atoms with Crippen molar-refractivity contribution in [1.29, 1.82) is 0 Å². The van der Waals surface area contributed by atoms with Gasteiger partial charge in [0, 0.05) is 32.4 Å². The summed E-state index contributed by atoms with van der Waals surface area (Å²) in [6.45, 7) is 6.44. The van der Waals surface area contributed by atoms with Crippen molar-refractivity contribution in [3.8, 4) is 0 Å². The van der Waals surface area contributed by atoms with Crippen molar-refractivity contribution < 1.29 is 4.39 Å². The lowest BCUT2D eigenvalue weighted by molar-refractivity contribution is 0.298. The molecule has 2 N–H and O–H groups in total. The number of nitrogens with one attached hydrogen (secondary N) is 2. The minimum absolute atomic E-state index is 0.124. The summed E-state index contributed by atoms with van der Waals surface area (Å²) in [4.78, 5) is 6.39. The molecule has 7 heteroatoms. The van der Waals surface area contributed by atoms with Crippen LogP contribution in [0.2, 0.25) is 0 Å². The lowest BCUT2D eigenvalue weighted by atomic mass is 10.1. The molecule has 0 bridgehead atoms. The molecule has 6 nitrogen and oxygen atoms in total. The number of rotatable bonds is 8. The highest BCUT2D eigenvalue weighted by Crippen LogP contribution is 2.17. The number of aryl methyl sites for hydroxylation is 3. The Morgan fingerprint density at radius 2 is 1.93 bits per heavy atom. The van der Waals surface area contributed by atoms with Crippen LogP contribution < -0.4 is 10.6 Å². The summed E-state index contributed by atoms with van der Waals surface area (Å²) in [5.74, 6) is 0.543. The molecule has 27 heavy (non-hydrogen) atoms. The maximum atomic E-state index is 13.2. The van der Waals surface area contributed by atoms with Crippen molar-refractivity contribution >= 4 is 5.96 Å². The molecule has 0 saturated carbocycles. The second-order valence-corrected chi connectivity index (χ2v) is 6.91. The van der Waals surface area contributed by atoms with Crippen LogP contribution in [0.3, 0.4) is 0 Å². The maximum Gasteiger partial charge on any atom is 0.191 e. The molecule has 0 radical (unpaired) electrons. The molecule has 0 aliphatic rings. The average molecular weight is 375 g/mol. The largest absolute Gasteiger partial charge is 0.356 e. The maximum absolute atomic E-state index is 13.2. The fraction of sp³-hybridized carbons (Fsp3) is 0.500. The number of likely N-dealkylation sites (N-methyl/N-ethyl adjacent to an activating group) is 1. The van der Waals surface area contributed by atoms with Crippen molar-refractivity contribution in [2.45, 2.75) is 32.9 Å². The smallest absolute Gasteiger partial charge is 0.191 e. The molecule has 2 aromatic rings. The van der Waals surface area contributed by atoms with Gasteiger partial charge in [-0.1, -0.05) is 12.1 Å². The number of guanidine groups is 1. The Kier molecular flexibility index (Phi) is 7.79. The fourth-order valence-electron chi connectivity index (χ4n) is 3.03. The van der Waals surface area contributed by atoms with Gasteiger partial charge in [0.15, 0.2) is 5.96 Å². The quantitative estimate of drug-likeness (QED) is 0.423. The molecule has 0 spiro atoms. The number of hydrogen-bond acceptors (Lipinski definition) is 3. The molecule has 0 amide bonds. The molecule has 0 saturated heterocycles. The highest BCUT2D eigenvalue weighted by molar-refractivity contribution is 5.79. The Morgan fingerprint density at radius 3 is 2.48 bits per heavy atom. The third-order valence-electron chi connectivity index (χ3n) is 4.51. The minimum atomic E-state index is -0.218. The number of benzene rings is 1. The van der Waals surface area contributed by atoms with Crippen LogP contribution in [0.1, 0.15) is 29.4 Å². The number of aromatic nitrogens is 2. The molecule has 1 unspecified atom stereocenters. The SMILES string of the molecule is CN=C(NCCCn1nc(C)cc1C)NCC(c1ccc(F)cc1)N(C)C. The van der Waals surface area contributed by atoms with Gasteiger partial charge in [0.2, 0.25) is 0 Å². The van der Waals surface area contributed by atoms with E-state index in [4.69, 9.17) is 0 Å². The van der Waals surface area contributed by atoms with E-state index in [2.05, 4.69) is 38.6 Å². The van der Waals surface area contributed by atoms with Gasteiger partial charge in [-0.2, -0.15) is 5.10 Å². The Morgan fingerprint density at radius 1 is 1.22 bits per heavy atom. The van der Waals surface area contributed by atoms with Gasteiger partial charge in [-0.05, 0) is 58.1 Å². The van der Waals surface area contributed by atoms with Gasteiger partial charge in [0.05, 0.1) is 11.7 Å². The second kappa shape index (κ2) is 10.1. The van der Waals surface area contributed by atoms with Gasteiger partial charge < -0.3 is 15.5 Å². The number of halogens is 1. The topological polar surface area (TPSA) is 57.5 Å². The lowest BCUT2D eigenvalue weighted by Crippen LogP contribution is -2.42. The number of hydrogen-bond donors (Lipinski definition) is 2. The van der Waals surface area contributed by atoms with Crippen LogP contribution >= 0.6 is 0 Å². The molecule has 0 aliphatic carbocycles. The first-order valence-corrected chi connectivity index (χ1v) is 9.28. The van der Waals surface area contributed by atoms with Crippen molar-refractivity contribution in [2.75, 3.05) is 34.2 Å². The van der Waals surface area contributed by atoms with E-state index < -0.39 is 0 Å². The predicted octanol–water partition coefficient (Wildman–Crippen LogP) is 2.50. The van der Waals surface area contributed by atoms with Crippen LogP contribution in [0.15, 0.2) is 35.3 Å². The summed E-state index contributed by atoms with van der Waals surface area (Å²) >= 11 is 0. The van der Waals surface area contributed by atoms with Crippen molar-refractivity contribution in [3.63, 3.8) is 0 Å². The summed E-state index contributed by atoms with van der Waals surface area (Å²) < 4.78 is 15.2. The lowest BCUT2D eigenvalue weighted by Gasteiger charge is -2.26. The van der Waals surface area contributed by atoms with E-state index in [0.717, 1.165) is 36.7 Å². The summed E-state index contributed by atoms with van der Waals surface area (Å²) in [5.41, 5.74) is 3.30. The van der Waals surface area contributed by atoms with Gasteiger partial charge in [-0.3, -0.25) is 9.67 Å². The molecule has 1 atom stereocenters. The van der Waals surface area contributed by atoms with Crippen molar-refractivity contribution in [3.05, 3.63) is 53.1 Å². The van der Waals surface area contributed by atoms with Crippen LogP contribution in [0.25, 0.3) is 0 Å². The van der Waals surface area contributed by atoms with Gasteiger partial charge >= 0.3 is 0 Å². The van der Waals surface area contributed by atoms with Gasteiger partial charge in [0.25, 0.3) is 0 Å². The van der Waals surface area contributed by atoms with Crippen LogP contribution in [-0.4, -0.2) is 54.9 Å². The third kappa shape index (κ3) is 6.36. The normalized spacial score (nSPS) is 13.1. The molecule has 0 fully saturated rings. The second-order valence-electron chi connectivity index (χ2n) is 6.91. The molecule has 2 rings (SSSR count). The highest BCUT2D eigenvalue weighted by atomic mass is 19.1. The standard InChI is InChI=1S/C20H31FN6/c1-15-13-16(2)27(25-15)12-6-11-23-20(22-3)24-14-19(26(4)5)17-7-9-18(21)10-8-17/h7-10,13,19H,6,11-12,14H2,1-5H3,(H2,22,23,24). The predicted molar refractivity (Wildman–Crippen MR) is 109 cm³/mol. The Balaban J connectivity index is 1.81. The van der Waals surface area contributed by atoms with Gasteiger partial charge in [0.1, 0.15) is 5.82 Å². The molecule has 1 heterocycles. The summed E-state index contributed by atoms with van der Waals surface area (Å²) in [7, 11) is 5.79. The summed E-state index contributed by atoms with van der Waals surface area (Å²) in [6, 6.07) is 8.86. The zero-order valence-corrected chi connectivity index (χ0v) is 17.0. The monoisotopic (exact) mass is 374 g/mol. The van der Waals surface area contributed by atoms with Crippen molar-refractivity contribution in [2.24, 2.45) is 4.99 Å². The Labute approximate surface area is 161 Å². The fourth-order valence-corrected chi connectivity index (χ4v) is 3.03. The van der Waals surface area contributed by atoms with E-state index in [-0.39, 0.29) is 11.9 Å². The highest BCUT2D eigenvalue weighted by Gasteiger charge is 2.14. The van der Waals surface area contributed by atoms with E-state index in [1.54, 1.807) is 7.05 Å². The van der Waals surface area contributed by atoms with Crippen molar-refractivity contribution in [1.82, 2.24) is 25.3 Å². The molecule has 1 aromatic heterocycles. The molecule has 1 aromatic carbocycles. The Hall–Kier alpha value is -2.41. The molecular weight excluding hydrogens is 343 g/mol. The Bertz CT molecular complexity index is 735. The molecular formula is C20H31FN6. The minimum Gasteiger partial charge on any atom is -0.356 e. The van der Waals surface area contributed by atoms with Crippen LogP contribution in [-0.2, 0) is 6.54 Å². The average Bonchev–Trinajstić information content (AvgIpc) is 2.95. The zero-order chi connectivity index (χ0) is 19.8. The van der Waals surface area contributed by atoms with Crippen LogP contribution in [0, 0.1) is 19.7 Å². The summed E-state index contributed by atoms with van der Waals surface area (Å²) in [6.07, 6.45) is 0.956. The first kappa shape index (κ1) is 20.9. The number of aliphatic imine (C=N–C) groups is 1. The summed E-state index contributed by atoms with van der Waals surface area (Å²) in [5, 5.41) is 11.2. The molecule has 0 aliphatic heterocycles. The van der Waals surface area contributed by atoms with E-state index in [1.807, 2.05) is 37.8 Å². The van der Waals surface area contributed by atoms with E-state index in [0.29, 0.717) is 6.54 Å².